The molecule has 0 amide bonds. The molecule has 2 aromatic rings. The number of carbonyl (C=O) groups is 1. The van der Waals surface area contributed by atoms with E-state index in [0.29, 0.717) is 23.5 Å². The molecule has 3 rings (SSSR count). The Balaban J connectivity index is 2.10. The van der Waals surface area contributed by atoms with Crippen LogP contribution in [0.25, 0.3) is 0 Å². The molecule has 0 aromatic heterocycles. The lowest BCUT2D eigenvalue weighted by molar-refractivity contribution is -0.162. The van der Waals surface area contributed by atoms with E-state index in [1.165, 1.54) is 7.11 Å². The van der Waals surface area contributed by atoms with Gasteiger partial charge in [0.05, 0.1) is 18.7 Å². The van der Waals surface area contributed by atoms with Crippen LogP contribution in [0.3, 0.4) is 0 Å². The van der Waals surface area contributed by atoms with Crippen molar-refractivity contribution in [2.24, 2.45) is 0 Å². The van der Waals surface area contributed by atoms with Crippen molar-refractivity contribution in [1.29, 1.82) is 5.26 Å². The van der Waals surface area contributed by atoms with Gasteiger partial charge in [0, 0.05) is 6.42 Å². The van der Waals surface area contributed by atoms with Crippen LogP contribution in [0.5, 0.6) is 11.5 Å². The minimum Gasteiger partial charge on any atom is -0.463 e. The number of methoxy groups -OCH3 is 1. The highest BCUT2D eigenvalue weighted by Gasteiger charge is 2.28. The van der Waals surface area contributed by atoms with E-state index in [4.69, 9.17) is 19.5 Å². The zero-order valence-corrected chi connectivity index (χ0v) is 11.9. The zero-order valence-electron chi connectivity index (χ0n) is 11.9. The highest BCUT2D eigenvalue weighted by molar-refractivity contribution is 5.74. The summed E-state index contributed by atoms with van der Waals surface area (Å²) < 4.78 is 16.0. The summed E-state index contributed by atoms with van der Waals surface area (Å²) in [5, 5.41) is 9.02. The monoisotopic (exact) mass is 295 g/mol. The molecule has 0 radical (unpaired) electrons. The summed E-state index contributed by atoms with van der Waals surface area (Å²) in [7, 11) is 1.27. The number of fused-ring (bicyclic) bond motifs is 2. The molecule has 1 atom stereocenters. The Morgan fingerprint density at radius 2 is 1.91 bits per heavy atom. The second-order valence-corrected chi connectivity index (χ2v) is 4.81. The van der Waals surface area contributed by atoms with E-state index in [0.717, 1.165) is 11.1 Å². The number of rotatable bonds is 1. The van der Waals surface area contributed by atoms with E-state index in [9.17, 15) is 4.79 Å². The van der Waals surface area contributed by atoms with Crippen molar-refractivity contribution < 1.29 is 19.0 Å². The van der Waals surface area contributed by atoms with Crippen molar-refractivity contribution in [2.45, 2.75) is 12.7 Å². The molecule has 2 aromatic carbocycles. The van der Waals surface area contributed by atoms with Gasteiger partial charge >= 0.3 is 12.3 Å². The van der Waals surface area contributed by atoms with E-state index in [1.54, 1.807) is 18.2 Å². The van der Waals surface area contributed by atoms with E-state index in [2.05, 4.69) is 6.07 Å². The van der Waals surface area contributed by atoms with Crippen LogP contribution in [0.1, 0.15) is 16.7 Å². The zero-order chi connectivity index (χ0) is 15.5. The van der Waals surface area contributed by atoms with Gasteiger partial charge in [-0.3, -0.25) is 0 Å². The normalized spacial score (nSPS) is 15.7. The molecular formula is C17H13NO4. The number of nitriles is 1. The molecule has 0 saturated carbocycles. The van der Waals surface area contributed by atoms with Gasteiger partial charge in [-0.05, 0) is 29.3 Å². The predicted molar refractivity (Wildman–Crippen MR) is 77.5 cm³/mol. The number of para-hydroxylation sites is 1. The molecule has 110 valence electrons. The van der Waals surface area contributed by atoms with Gasteiger partial charge in [-0.25, -0.2) is 4.79 Å². The molecule has 0 aliphatic carbocycles. The number of esters is 1. The Bertz CT molecular complexity index is 763. The Hall–Kier alpha value is -3.00. The van der Waals surface area contributed by atoms with Gasteiger partial charge in [0.2, 0.25) is 0 Å². The number of ether oxygens (including phenoxy) is 3. The Labute approximate surface area is 127 Å². The van der Waals surface area contributed by atoms with Crippen molar-refractivity contribution in [1.82, 2.24) is 0 Å². The fourth-order valence-electron chi connectivity index (χ4n) is 2.30. The number of carbonyl (C=O) groups excluding carboxylic acids is 1. The largest absolute Gasteiger partial charge is 0.463 e. The predicted octanol–water partition coefficient (Wildman–Crippen LogP) is 2.42. The minimum absolute atomic E-state index is 0.448. The molecule has 5 nitrogen and oxygen atoms in total. The van der Waals surface area contributed by atoms with Crippen LogP contribution in [0.4, 0.5) is 0 Å². The van der Waals surface area contributed by atoms with Crippen molar-refractivity contribution >= 4 is 5.97 Å². The van der Waals surface area contributed by atoms with Gasteiger partial charge in [0.1, 0.15) is 11.5 Å². The van der Waals surface area contributed by atoms with Crippen molar-refractivity contribution in [3.8, 4) is 17.6 Å². The van der Waals surface area contributed by atoms with Crippen molar-refractivity contribution in [3.63, 3.8) is 0 Å². The molecule has 1 aliphatic heterocycles. The lowest BCUT2D eigenvalue weighted by Gasteiger charge is -2.24. The number of nitrogens with zero attached hydrogens (tertiary/aromatic N) is 1. The maximum atomic E-state index is 11.9. The quantitative estimate of drug-likeness (QED) is 0.756. The van der Waals surface area contributed by atoms with Crippen molar-refractivity contribution in [2.75, 3.05) is 7.11 Å². The molecule has 0 N–H and O–H groups in total. The topological polar surface area (TPSA) is 68.5 Å². The summed E-state index contributed by atoms with van der Waals surface area (Å²) in [6.07, 6.45) is -0.621. The number of hydrogen-bond donors (Lipinski definition) is 0. The summed E-state index contributed by atoms with van der Waals surface area (Å²) in [4.78, 5) is 11.9. The lowest BCUT2D eigenvalue weighted by atomic mass is 10.0. The number of hydrogen-bond acceptors (Lipinski definition) is 5. The first-order chi connectivity index (χ1) is 10.7. The Kier molecular flexibility index (Phi) is 3.67. The fraction of sp³-hybridized carbons (Fsp3) is 0.176. The summed E-state index contributed by atoms with van der Waals surface area (Å²) in [6.45, 7) is 0. The first kappa shape index (κ1) is 14.0. The molecule has 1 heterocycles. The fourth-order valence-corrected chi connectivity index (χ4v) is 2.30. The summed E-state index contributed by atoms with van der Waals surface area (Å²) in [6, 6.07) is 14.6. The average Bonchev–Trinajstić information content (AvgIpc) is 2.54. The molecular weight excluding hydrogens is 282 g/mol. The highest BCUT2D eigenvalue weighted by Crippen LogP contribution is 2.31. The number of benzene rings is 2. The van der Waals surface area contributed by atoms with Gasteiger partial charge in [-0.15, -0.1) is 0 Å². The van der Waals surface area contributed by atoms with E-state index in [1.807, 2.05) is 24.3 Å². The Morgan fingerprint density at radius 3 is 2.68 bits per heavy atom. The van der Waals surface area contributed by atoms with Crippen LogP contribution in [0, 0.1) is 11.3 Å². The van der Waals surface area contributed by atoms with Crippen LogP contribution in [-0.4, -0.2) is 19.4 Å². The van der Waals surface area contributed by atoms with E-state index < -0.39 is 12.3 Å². The first-order valence-corrected chi connectivity index (χ1v) is 6.73. The van der Waals surface area contributed by atoms with Crippen LogP contribution in [0.15, 0.2) is 42.5 Å². The molecule has 0 bridgehead atoms. The second-order valence-electron chi connectivity index (χ2n) is 4.81. The molecule has 0 spiro atoms. The third-order valence-electron chi connectivity index (χ3n) is 3.41. The minimum atomic E-state index is -1.21. The average molecular weight is 295 g/mol. The molecule has 1 unspecified atom stereocenters. The summed E-state index contributed by atoms with van der Waals surface area (Å²) in [5.41, 5.74) is 2.27. The third-order valence-corrected chi connectivity index (χ3v) is 3.41. The molecule has 0 fully saturated rings. The summed E-state index contributed by atoms with van der Waals surface area (Å²) in [5.74, 6) is 0.391. The molecule has 22 heavy (non-hydrogen) atoms. The van der Waals surface area contributed by atoms with Gasteiger partial charge < -0.3 is 14.2 Å². The second kappa shape index (κ2) is 5.78. The smallest absolute Gasteiger partial charge is 0.389 e. The van der Waals surface area contributed by atoms with E-state index in [-0.39, 0.29) is 0 Å². The van der Waals surface area contributed by atoms with Gasteiger partial charge in [-0.1, -0.05) is 24.3 Å². The van der Waals surface area contributed by atoms with Crippen LogP contribution >= 0.6 is 0 Å². The Morgan fingerprint density at radius 1 is 1.18 bits per heavy atom. The van der Waals surface area contributed by atoms with Gasteiger partial charge in [-0.2, -0.15) is 5.26 Å². The molecule has 0 saturated heterocycles. The van der Waals surface area contributed by atoms with Gasteiger partial charge in [0.15, 0.2) is 0 Å². The van der Waals surface area contributed by atoms with Crippen molar-refractivity contribution in [3.05, 3.63) is 59.2 Å². The third kappa shape index (κ3) is 2.59. The maximum Gasteiger partial charge on any atom is 0.389 e. The first-order valence-electron chi connectivity index (χ1n) is 6.73. The lowest BCUT2D eigenvalue weighted by Crippen LogP contribution is -2.35. The molecule has 1 aliphatic rings. The van der Waals surface area contributed by atoms with Crippen LogP contribution in [-0.2, 0) is 16.0 Å². The van der Waals surface area contributed by atoms with Gasteiger partial charge in [0.25, 0.3) is 0 Å². The summed E-state index contributed by atoms with van der Waals surface area (Å²) >= 11 is 0. The molecule has 5 heteroatoms. The van der Waals surface area contributed by atoms with E-state index >= 15 is 0 Å². The van der Waals surface area contributed by atoms with Crippen LogP contribution in [0.2, 0.25) is 0 Å². The highest BCUT2D eigenvalue weighted by atomic mass is 16.7. The van der Waals surface area contributed by atoms with Crippen LogP contribution < -0.4 is 9.47 Å². The maximum absolute atomic E-state index is 11.9. The SMILES string of the molecule is COC(=O)C1Oc2ccccc2Cc2ccc(C#N)cc2O1. The standard InChI is InChI=1S/C17H13NO4/c1-20-16(19)17-21-14-5-3-2-4-12(14)9-13-7-6-11(10-18)8-15(13)22-17/h2-8,17H,9H2,1H3.